The molecule has 206 valence electrons. The van der Waals surface area contributed by atoms with Gasteiger partial charge in [0, 0.05) is 17.7 Å². The first-order valence-corrected chi connectivity index (χ1v) is 13.6. The van der Waals surface area contributed by atoms with Crippen molar-refractivity contribution in [3.63, 3.8) is 0 Å². The maximum atomic E-state index is 15.5. The number of nitrogens with zero attached hydrogens (tertiary/aromatic N) is 3. The van der Waals surface area contributed by atoms with Crippen molar-refractivity contribution in [1.82, 2.24) is 19.7 Å². The second-order valence-electron chi connectivity index (χ2n) is 11.0. The van der Waals surface area contributed by atoms with Gasteiger partial charge in [-0.05, 0) is 59.1 Å². The van der Waals surface area contributed by atoms with Crippen molar-refractivity contribution < 1.29 is 23.0 Å². The van der Waals surface area contributed by atoms with Gasteiger partial charge in [0.15, 0.2) is 0 Å². The zero-order chi connectivity index (χ0) is 28.2. The predicted molar refractivity (Wildman–Crippen MR) is 146 cm³/mol. The number of H-pyrrole nitrogens is 1. The summed E-state index contributed by atoms with van der Waals surface area (Å²) in [6.07, 6.45) is -0.780. The number of hydrogen-bond acceptors (Lipinski definition) is 6. The number of aromatic amines is 1. The molecule has 1 atom stereocenters. The molecule has 3 aromatic heterocycles. The number of nitrogens with one attached hydrogen (secondary N) is 1. The van der Waals surface area contributed by atoms with E-state index in [-0.39, 0.29) is 41.3 Å². The Hall–Kier alpha value is -3.73. The van der Waals surface area contributed by atoms with E-state index in [4.69, 9.17) is 14.6 Å². The lowest BCUT2D eigenvalue weighted by molar-refractivity contribution is 0.00907. The molecule has 1 aliphatic rings. The summed E-state index contributed by atoms with van der Waals surface area (Å²) in [6.45, 7) is 11.5. The van der Waals surface area contributed by atoms with E-state index in [1.807, 2.05) is 27.7 Å². The molecule has 0 spiro atoms. The summed E-state index contributed by atoms with van der Waals surface area (Å²) >= 11 is 1.28. The van der Waals surface area contributed by atoms with Crippen LogP contribution in [0.1, 0.15) is 47.2 Å². The number of hydrogen-bond donors (Lipinski definition) is 1. The minimum absolute atomic E-state index is 0.0270. The zero-order valence-electron chi connectivity index (χ0n) is 22.6. The third-order valence-electron chi connectivity index (χ3n) is 6.31. The number of carbonyl (C=O) groups is 1. The molecule has 0 bridgehead atoms. The number of ether oxygens (including phenoxy) is 2. The van der Waals surface area contributed by atoms with Crippen molar-refractivity contribution in [2.75, 3.05) is 0 Å². The Bertz CT molecular complexity index is 1630. The molecule has 39 heavy (non-hydrogen) atoms. The summed E-state index contributed by atoms with van der Waals surface area (Å²) in [6, 6.07) is 5.18. The minimum Gasteiger partial charge on any atom is -0.490 e. The smallest absolute Gasteiger partial charge is 0.410 e. The highest BCUT2D eigenvalue weighted by atomic mass is 32.1. The molecular formula is C28H30F2N4O4S. The average molecular weight is 557 g/mol. The lowest BCUT2D eigenvalue weighted by Gasteiger charge is -2.35. The van der Waals surface area contributed by atoms with E-state index in [9.17, 15) is 14.0 Å². The Morgan fingerprint density at radius 2 is 1.95 bits per heavy atom. The summed E-state index contributed by atoms with van der Waals surface area (Å²) in [4.78, 5) is 30.4. The van der Waals surface area contributed by atoms with E-state index in [0.717, 1.165) is 17.8 Å². The fourth-order valence-corrected chi connectivity index (χ4v) is 5.67. The number of amides is 1. The molecule has 4 heterocycles. The second kappa shape index (κ2) is 9.78. The maximum Gasteiger partial charge on any atom is 0.410 e. The molecule has 8 nitrogen and oxygen atoms in total. The van der Waals surface area contributed by atoms with E-state index in [1.54, 1.807) is 40.9 Å². The van der Waals surface area contributed by atoms with Crippen molar-refractivity contribution in [2.45, 2.75) is 72.4 Å². The van der Waals surface area contributed by atoms with Crippen LogP contribution in [-0.2, 0) is 17.8 Å². The second-order valence-corrected chi connectivity index (χ2v) is 11.9. The van der Waals surface area contributed by atoms with Gasteiger partial charge in [-0.1, -0.05) is 0 Å². The van der Waals surface area contributed by atoms with Crippen LogP contribution in [0.15, 0.2) is 34.4 Å². The lowest BCUT2D eigenvalue weighted by Crippen LogP contribution is -2.46. The van der Waals surface area contributed by atoms with E-state index in [0.29, 0.717) is 27.9 Å². The molecule has 1 N–H and O–H groups in total. The summed E-state index contributed by atoms with van der Waals surface area (Å²) in [5.74, 6) is -1.56. The Morgan fingerprint density at radius 3 is 2.64 bits per heavy atom. The van der Waals surface area contributed by atoms with Gasteiger partial charge in [0.25, 0.3) is 5.56 Å². The Balaban J connectivity index is 1.68. The number of halogens is 2. The third-order valence-corrected chi connectivity index (χ3v) is 7.24. The lowest BCUT2D eigenvalue weighted by atomic mass is 9.99. The molecule has 4 aromatic rings. The molecule has 1 amide bonds. The highest BCUT2D eigenvalue weighted by Crippen LogP contribution is 2.44. The average Bonchev–Trinajstić information content (AvgIpc) is 3.45. The number of benzene rings is 1. The number of aromatic nitrogens is 3. The molecule has 0 fully saturated rings. The van der Waals surface area contributed by atoms with Gasteiger partial charge in [0.05, 0.1) is 52.3 Å². The minimum atomic E-state index is -0.817. The van der Waals surface area contributed by atoms with Gasteiger partial charge in [0.2, 0.25) is 0 Å². The highest BCUT2D eigenvalue weighted by molar-refractivity contribution is 7.17. The molecule has 5 rings (SSSR count). The largest absolute Gasteiger partial charge is 0.490 e. The highest BCUT2D eigenvalue weighted by Gasteiger charge is 2.33. The Morgan fingerprint density at radius 1 is 1.21 bits per heavy atom. The van der Waals surface area contributed by atoms with Crippen LogP contribution in [-0.4, -0.2) is 43.5 Å². The third kappa shape index (κ3) is 5.15. The van der Waals surface area contributed by atoms with Crippen molar-refractivity contribution in [3.05, 3.63) is 57.3 Å². The summed E-state index contributed by atoms with van der Waals surface area (Å²) in [5, 5.41) is 6.86. The Kier molecular flexibility index (Phi) is 6.74. The quantitative estimate of drug-likeness (QED) is 0.318. The van der Waals surface area contributed by atoms with E-state index < -0.39 is 23.3 Å². The van der Waals surface area contributed by atoms with Crippen molar-refractivity contribution in [2.24, 2.45) is 0 Å². The molecule has 0 aliphatic carbocycles. The molecular weight excluding hydrogens is 526 g/mol. The summed E-state index contributed by atoms with van der Waals surface area (Å²) in [7, 11) is 0. The van der Waals surface area contributed by atoms with E-state index in [2.05, 4.69) is 4.98 Å². The molecule has 1 aromatic carbocycles. The number of fused-ring (bicyclic) bond motifs is 2. The molecule has 1 aliphatic heterocycles. The molecule has 0 unspecified atom stereocenters. The van der Waals surface area contributed by atoms with Crippen LogP contribution in [0, 0.1) is 11.6 Å². The number of rotatable bonds is 4. The molecule has 0 radical (unpaired) electrons. The monoisotopic (exact) mass is 556 g/mol. The number of carbonyl (C=O) groups excluding carboxylic acids is 1. The first kappa shape index (κ1) is 26.9. The molecule has 11 heteroatoms. The topological polar surface area (TPSA) is 89.4 Å². The normalized spacial score (nSPS) is 15.6. The fraction of sp³-hybridized carbons (Fsp3) is 0.393. The fourth-order valence-electron chi connectivity index (χ4n) is 4.72. The predicted octanol–water partition coefficient (Wildman–Crippen LogP) is 6.32. The first-order valence-electron chi connectivity index (χ1n) is 12.7. The van der Waals surface area contributed by atoms with Crippen molar-refractivity contribution in [3.8, 4) is 28.3 Å². The van der Waals surface area contributed by atoms with Crippen LogP contribution < -0.4 is 10.3 Å². The maximum absolute atomic E-state index is 15.5. The van der Waals surface area contributed by atoms with Crippen molar-refractivity contribution >= 4 is 27.5 Å². The van der Waals surface area contributed by atoms with Crippen LogP contribution >= 0.6 is 11.3 Å². The van der Waals surface area contributed by atoms with Gasteiger partial charge in [-0.25, -0.2) is 13.6 Å². The van der Waals surface area contributed by atoms with Gasteiger partial charge < -0.3 is 14.5 Å². The number of thiophene rings is 1. The zero-order valence-corrected chi connectivity index (χ0v) is 23.4. The van der Waals surface area contributed by atoms with Crippen molar-refractivity contribution in [1.29, 1.82) is 0 Å². The molecule has 0 saturated carbocycles. The van der Waals surface area contributed by atoms with Crippen LogP contribution in [0.5, 0.6) is 5.75 Å². The summed E-state index contributed by atoms with van der Waals surface area (Å²) in [5.41, 5.74) is 0.814. The van der Waals surface area contributed by atoms with E-state index >= 15 is 4.39 Å². The Labute approximate surface area is 228 Å². The van der Waals surface area contributed by atoms with Gasteiger partial charge in [-0.2, -0.15) is 5.10 Å². The van der Waals surface area contributed by atoms with Gasteiger partial charge in [0.1, 0.15) is 28.7 Å². The van der Waals surface area contributed by atoms with Gasteiger partial charge >= 0.3 is 6.09 Å². The van der Waals surface area contributed by atoms with E-state index in [1.165, 1.54) is 11.3 Å². The number of pyridine rings is 1. The van der Waals surface area contributed by atoms with Crippen LogP contribution in [0.25, 0.3) is 32.6 Å². The van der Waals surface area contributed by atoms with Gasteiger partial charge in [-0.3, -0.25) is 14.4 Å². The first-order chi connectivity index (χ1) is 18.3. The SMILES string of the molecule is CC(C)Oc1cc(F)cc(F)c1-c1c(-c2cc3n(n2)C[C@@H](C)N(C(=O)OC(C)(C)C)C3)[nH]c(=O)c2ccsc12. The standard InChI is InChI=1S/C28H30F2N4O4S/c1-14(2)37-21-10-16(29)9-19(30)22(21)23-24(31-26(35)18-7-8-39-25(18)23)20-11-17-13-33(15(3)12-34(17)32-20)27(36)38-28(4,5)6/h7-11,14-15H,12-13H2,1-6H3,(H,31,35)/t15-/m1/s1. The summed E-state index contributed by atoms with van der Waals surface area (Å²) < 4.78 is 43.5. The molecule has 0 saturated heterocycles. The van der Waals surface area contributed by atoms with Crippen LogP contribution in [0.3, 0.4) is 0 Å². The van der Waals surface area contributed by atoms with Gasteiger partial charge in [-0.15, -0.1) is 11.3 Å². The van der Waals surface area contributed by atoms with Crippen LogP contribution in [0.4, 0.5) is 13.6 Å². The van der Waals surface area contributed by atoms with Crippen LogP contribution in [0.2, 0.25) is 0 Å².